The molecule has 0 aliphatic carbocycles. The monoisotopic (exact) mass is 438 g/mol. The lowest BCUT2D eigenvalue weighted by atomic mass is 10.0. The van der Waals surface area contributed by atoms with Crippen molar-refractivity contribution in [1.29, 1.82) is 0 Å². The lowest BCUT2D eigenvalue weighted by Gasteiger charge is -2.41. The molecule has 1 saturated heterocycles. The molecule has 1 aromatic heterocycles. The zero-order valence-corrected chi connectivity index (χ0v) is 17.4. The molecule has 166 valence electrons. The summed E-state index contributed by atoms with van der Waals surface area (Å²) >= 11 is 0. The molecular weight excluding hydrogens is 414 g/mol. The van der Waals surface area contributed by atoms with Crippen molar-refractivity contribution in [3.05, 3.63) is 51.3 Å². The molecule has 2 aromatic rings. The largest absolute Gasteiger partial charge is 0.416 e. The number of aromatic nitrogens is 2. The summed E-state index contributed by atoms with van der Waals surface area (Å²) in [7, 11) is 1.50. The third-order valence-corrected chi connectivity index (χ3v) is 5.41. The van der Waals surface area contributed by atoms with Crippen LogP contribution in [0.15, 0.2) is 18.2 Å². The summed E-state index contributed by atoms with van der Waals surface area (Å²) in [6, 6.07) is 4.04. The van der Waals surface area contributed by atoms with E-state index in [1.807, 2.05) is 0 Å². The summed E-state index contributed by atoms with van der Waals surface area (Å²) in [6.45, 7) is 3.34. The number of anilines is 1. The summed E-state index contributed by atoms with van der Waals surface area (Å²) in [5.41, 5.74) is 4.45. The van der Waals surface area contributed by atoms with Gasteiger partial charge in [0.05, 0.1) is 22.2 Å². The quantitative estimate of drug-likeness (QED) is 0.561. The Morgan fingerprint density at radius 2 is 1.87 bits per heavy atom. The number of benzene rings is 1. The van der Waals surface area contributed by atoms with E-state index in [0.717, 1.165) is 6.07 Å². The van der Waals surface area contributed by atoms with Crippen molar-refractivity contribution in [3.8, 4) is 0 Å². The van der Waals surface area contributed by atoms with Gasteiger partial charge in [-0.25, -0.2) is 23.6 Å². The van der Waals surface area contributed by atoms with Gasteiger partial charge in [-0.3, -0.25) is 0 Å². The third kappa shape index (κ3) is 4.31. The van der Waals surface area contributed by atoms with E-state index in [1.54, 1.807) is 19.2 Å². The van der Waals surface area contributed by atoms with Gasteiger partial charge in [-0.1, -0.05) is 12.1 Å². The molecule has 3 N–H and O–H groups in total. The van der Waals surface area contributed by atoms with Gasteiger partial charge in [0, 0.05) is 6.54 Å². The molecule has 0 bridgehead atoms. The number of rotatable bonds is 3. The Bertz CT molecular complexity index is 1120. The van der Waals surface area contributed by atoms with Crippen molar-refractivity contribution >= 4 is 24.0 Å². The van der Waals surface area contributed by atoms with Crippen LogP contribution in [-0.2, 0) is 17.5 Å². The van der Waals surface area contributed by atoms with Gasteiger partial charge < -0.3 is 11.1 Å². The molecule has 1 aromatic carbocycles. The standard InChI is InChI=1S/C20H18F4N4O.CH5N/c1-11-13(4-3-5-16(11)20(22,23)24)7-25-19-15-10-28(8-14(21)9-28)18(29)6-17(15)26-12(2)27-19;1-2/h3-6,10,14H,7-9H2,1-2H3;2H2,1H3/p+1. The van der Waals surface area contributed by atoms with Crippen LogP contribution < -0.4 is 21.6 Å². The Balaban J connectivity index is 0.00000132. The van der Waals surface area contributed by atoms with Crippen LogP contribution in [-0.4, -0.2) is 46.7 Å². The van der Waals surface area contributed by atoms with E-state index in [2.05, 4.69) is 21.0 Å². The summed E-state index contributed by atoms with van der Waals surface area (Å²) in [4.78, 5) is 21.1. The number of hydrogen-bond acceptors (Lipinski definition) is 5. The van der Waals surface area contributed by atoms with Gasteiger partial charge in [-0.05, 0) is 38.1 Å². The smallest absolute Gasteiger partial charge is 0.365 e. The van der Waals surface area contributed by atoms with Crippen molar-refractivity contribution in [2.24, 2.45) is 5.73 Å². The number of hydrogen-bond donors (Lipinski definition) is 2. The van der Waals surface area contributed by atoms with Gasteiger partial charge in [0.1, 0.15) is 30.9 Å². The van der Waals surface area contributed by atoms with E-state index in [4.69, 9.17) is 0 Å². The molecule has 0 saturated carbocycles. The normalized spacial score (nSPS) is 21.8. The van der Waals surface area contributed by atoms with Crippen LogP contribution in [0.3, 0.4) is 0 Å². The molecule has 2 aliphatic rings. The predicted octanol–water partition coefficient (Wildman–Crippen LogP) is 1.53. The molecule has 1 fully saturated rings. The Hall–Kier alpha value is -2.85. The Kier molecular flexibility index (Phi) is 6.15. The van der Waals surface area contributed by atoms with Crippen LogP contribution in [0, 0.1) is 13.8 Å². The summed E-state index contributed by atoms with van der Waals surface area (Å²) in [5.74, 6) is 0.599. The van der Waals surface area contributed by atoms with Gasteiger partial charge in [-0.2, -0.15) is 13.2 Å². The molecule has 0 atom stereocenters. The van der Waals surface area contributed by atoms with Crippen molar-refractivity contribution < 1.29 is 26.8 Å². The molecule has 3 heterocycles. The second kappa shape index (κ2) is 8.35. The van der Waals surface area contributed by atoms with Gasteiger partial charge in [0.15, 0.2) is 6.17 Å². The third-order valence-electron chi connectivity index (χ3n) is 5.41. The first-order valence-electron chi connectivity index (χ1n) is 9.71. The minimum Gasteiger partial charge on any atom is -0.365 e. The number of fused-ring (bicyclic) bond motifs is 1. The van der Waals surface area contributed by atoms with Crippen LogP contribution >= 0.6 is 0 Å². The summed E-state index contributed by atoms with van der Waals surface area (Å²) < 4.78 is 52.8. The van der Waals surface area contributed by atoms with Gasteiger partial charge in [0.25, 0.3) is 0 Å². The predicted molar refractivity (Wildman–Crippen MR) is 108 cm³/mol. The van der Waals surface area contributed by atoms with Crippen LogP contribution in [0.4, 0.5) is 23.4 Å². The zero-order chi connectivity index (χ0) is 23.0. The SMILES string of the molecule is CN.Cc1nc(NCc2cccc(C(F)(F)F)c2C)c2c(n1)=CC(=O)[N+]1(C=2)CC(F)C1. The summed E-state index contributed by atoms with van der Waals surface area (Å²) in [6.07, 6.45) is -2.43. The minimum atomic E-state index is -4.43. The highest BCUT2D eigenvalue weighted by molar-refractivity contribution is 6.01. The number of halogens is 4. The number of nitrogens with zero attached hydrogens (tertiary/aromatic N) is 3. The van der Waals surface area contributed by atoms with Crippen LogP contribution in [0.2, 0.25) is 0 Å². The maximum atomic E-state index is 13.5. The highest BCUT2D eigenvalue weighted by Gasteiger charge is 2.49. The number of nitrogens with two attached hydrogens (primary N) is 1. The maximum Gasteiger partial charge on any atom is 0.416 e. The Morgan fingerprint density at radius 1 is 1.19 bits per heavy atom. The highest BCUT2D eigenvalue weighted by Crippen LogP contribution is 2.33. The number of quaternary nitrogens is 1. The van der Waals surface area contributed by atoms with E-state index in [-0.39, 0.29) is 35.6 Å². The molecule has 1 spiro atoms. The van der Waals surface area contributed by atoms with Crippen molar-refractivity contribution in [2.45, 2.75) is 32.7 Å². The molecule has 0 unspecified atom stereocenters. The molecular formula is C21H24F4N5O+. The van der Waals surface area contributed by atoms with E-state index in [9.17, 15) is 22.4 Å². The summed E-state index contributed by atoms with van der Waals surface area (Å²) in [5, 5.41) is 4.07. The van der Waals surface area contributed by atoms with E-state index >= 15 is 0 Å². The van der Waals surface area contributed by atoms with Crippen LogP contribution in [0.5, 0.6) is 0 Å². The number of carbonyl (C=O) groups excluding carboxylic acids is 1. The second-order valence-corrected chi connectivity index (χ2v) is 7.47. The lowest BCUT2D eigenvalue weighted by molar-refractivity contribution is -0.824. The first-order chi connectivity index (χ1) is 14.6. The second-order valence-electron chi connectivity index (χ2n) is 7.47. The fraction of sp³-hybridized carbons (Fsp3) is 0.381. The number of amides is 1. The molecule has 1 amide bonds. The molecule has 10 heteroatoms. The first-order valence-corrected chi connectivity index (χ1v) is 9.71. The maximum absolute atomic E-state index is 13.5. The van der Waals surface area contributed by atoms with Crippen molar-refractivity contribution in [1.82, 2.24) is 9.97 Å². The molecule has 4 rings (SSSR count). The van der Waals surface area contributed by atoms with Gasteiger partial charge >= 0.3 is 12.1 Å². The van der Waals surface area contributed by atoms with Crippen LogP contribution in [0.1, 0.15) is 22.5 Å². The van der Waals surface area contributed by atoms with E-state index in [0.29, 0.717) is 27.8 Å². The van der Waals surface area contributed by atoms with E-state index < -0.39 is 17.9 Å². The highest BCUT2D eigenvalue weighted by atomic mass is 19.4. The number of nitrogens with one attached hydrogen (secondary N) is 1. The van der Waals surface area contributed by atoms with Gasteiger partial charge in [0.2, 0.25) is 0 Å². The van der Waals surface area contributed by atoms with E-state index in [1.165, 1.54) is 26.1 Å². The molecule has 2 aliphatic heterocycles. The fourth-order valence-corrected chi connectivity index (χ4v) is 3.83. The van der Waals surface area contributed by atoms with Crippen molar-refractivity contribution in [2.75, 3.05) is 25.5 Å². The first kappa shape index (κ1) is 22.8. The topological polar surface area (TPSA) is 80.9 Å². The number of carbonyl (C=O) groups is 1. The average molecular weight is 438 g/mol. The fourth-order valence-electron chi connectivity index (χ4n) is 3.83. The number of aryl methyl sites for hydroxylation is 1. The molecule has 6 nitrogen and oxygen atoms in total. The van der Waals surface area contributed by atoms with Crippen molar-refractivity contribution in [3.63, 3.8) is 0 Å². The zero-order valence-electron chi connectivity index (χ0n) is 17.4. The minimum absolute atomic E-state index is 0.0643. The van der Waals surface area contributed by atoms with Crippen LogP contribution in [0.25, 0.3) is 12.3 Å². The van der Waals surface area contributed by atoms with Gasteiger partial charge in [-0.15, -0.1) is 0 Å². The molecule has 31 heavy (non-hydrogen) atoms. The molecule has 0 radical (unpaired) electrons. The lowest BCUT2D eigenvalue weighted by Crippen LogP contribution is -2.67. The average Bonchev–Trinajstić information content (AvgIpc) is 2.67. The Labute approximate surface area is 176 Å². The number of alkyl halides is 4. The Morgan fingerprint density at radius 3 is 2.48 bits per heavy atom.